The number of para-hydroxylation sites is 1. The van der Waals surface area contributed by atoms with Crippen LogP contribution in [0, 0.1) is 13.8 Å². The second kappa shape index (κ2) is 6.33. The monoisotopic (exact) mass is 335 g/mol. The largest absolute Gasteiger partial charge is 0.370 e. The van der Waals surface area contributed by atoms with E-state index in [1.165, 1.54) is 11.3 Å². The molecule has 0 amide bonds. The van der Waals surface area contributed by atoms with Crippen molar-refractivity contribution in [3.63, 3.8) is 0 Å². The average Bonchev–Trinajstić information content (AvgIpc) is 2.87. The van der Waals surface area contributed by atoms with Crippen molar-refractivity contribution in [3.05, 3.63) is 41.3 Å². The number of rotatable bonds is 5. The van der Waals surface area contributed by atoms with Crippen molar-refractivity contribution in [2.24, 2.45) is 0 Å². The van der Waals surface area contributed by atoms with Crippen LogP contribution in [0.2, 0.25) is 0 Å². The van der Waals surface area contributed by atoms with Crippen LogP contribution in [0.5, 0.6) is 0 Å². The highest BCUT2D eigenvalue weighted by atomic mass is 32.2. The van der Waals surface area contributed by atoms with Crippen LogP contribution in [0.25, 0.3) is 0 Å². The molecule has 6 nitrogen and oxygen atoms in total. The molecule has 0 aliphatic carbocycles. The molecule has 0 bridgehead atoms. The molecule has 0 fully saturated rings. The van der Waals surface area contributed by atoms with Crippen molar-refractivity contribution in [1.82, 2.24) is 9.88 Å². The lowest BCUT2D eigenvalue weighted by molar-refractivity contribution is 0.390. The summed E-state index contributed by atoms with van der Waals surface area (Å²) < 4.78 is 32.4. The molecule has 0 spiro atoms. The van der Waals surface area contributed by atoms with Crippen LogP contribution >= 0.6 is 0 Å². The van der Waals surface area contributed by atoms with E-state index in [0.717, 1.165) is 19.4 Å². The smallest absolute Gasteiger partial charge is 0.246 e. The third kappa shape index (κ3) is 3.25. The minimum atomic E-state index is -3.59. The van der Waals surface area contributed by atoms with Crippen LogP contribution in [-0.2, 0) is 16.4 Å². The molecule has 23 heavy (non-hydrogen) atoms. The van der Waals surface area contributed by atoms with Crippen molar-refractivity contribution in [2.45, 2.75) is 31.6 Å². The zero-order chi connectivity index (χ0) is 16.4. The van der Waals surface area contributed by atoms with E-state index in [0.29, 0.717) is 24.5 Å². The molecule has 1 aromatic heterocycles. The fourth-order valence-electron chi connectivity index (χ4n) is 3.09. The van der Waals surface area contributed by atoms with Gasteiger partial charge in [-0.25, -0.2) is 13.1 Å². The van der Waals surface area contributed by atoms with Gasteiger partial charge in [-0.05, 0) is 38.3 Å². The van der Waals surface area contributed by atoms with Crippen molar-refractivity contribution >= 4 is 15.7 Å². The van der Waals surface area contributed by atoms with Crippen LogP contribution in [-0.4, -0.2) is 33.2 Å². The number of hydrogen-bond acceptors (Lipinski definition) is 5. The summed E-state index contributed by atoms with van der Waals surface area (Å²) in [6.07, 6.45) is 2.17. The van der Waals surface area contributed by atoms with Gasteiger partial charge in [-0.2, -0.15) is 0 Å². The predicted octanol–water partition coefficient (Wildman–Crippen LogP) is 2.02. The van der Waals surface area contributed by atoms with E-state index in [2.05, 4.69) is 26.9 Å². The molecule has 0 unspecified atom stereocenters. The summed E-state index contributed by atoms with van der Waals surface area (Å²) in [7, 11) is -3.59. The van der Waals surface area contributed by atoms with E-state index in [1.807, 2.05) is 12.1 Å². The van der Waals surface area contributed by atoms with Crippen LogP contribution in [0.1, 0.15) is 23.4 Å². The zero-order valence-corrected chi connectivity index (χ0v) is 14.2. The van der Waals surface area contributed by atoms with Crippen molar-refractivity contribution in [3.8, 4) is 0 Å². The highest BCUT2D eigenvalue weighted by Crippen LogP contribution is 2.26. The van der Waals surface area contributed by atoms with E-state index in [4.69, 9.17) is 4.52 Å². The van der Waals surface area contributed by atoms with Gasteiger partial charge in [-0.3, -0.25) is 0 Å². The van der Waals surface area contributed by atoms with Crippen molar-refractivity contribution < 1.29 is 12.9 Å². The molecule has 1 aliphatic heterocycles. The summed E-state index contributed by atoms with van der Waals surface area (Å²) in [6, 6.07) is 8.29. The molecule has 1 aromatic carbocycles. The fraction of sp³-hybridized carbons (Fsp3) is 0.438. The topological polar surface area (TPSA) is 75.4 Å². The zero-order valence-electron chi connectivity index (χ0n) is 13.4. The molecular formula is C16H21N3O3S. The number of aromatic nitrogens is 1. The number of sulfonamides is 1. The highest BCUT2D eigenvalue weighted by Gasteiger charge is 2.24. The van der Waals surface area contributed by atoms with Gasteiger partial charge >= 0.3 is 0 Å². The van der Waals surface area contributed by atoms with E-state index in [-0.39, 0.29) is 4.90 Å². The Hall–Kier alpha value is -1.86. The maximum atomic E-state index is 12.4. The number of benzene rings is 1. The normalized spacial score (nSPS) is 14.8. The van der Waals surface area contributed by atoms with Gasteiger partial charge in [0, 0.05) is 25.3 Å². The number of hydrogen-bond donors (Lipinski definition) is 1. The molecule has 1 N–H and O–H groups in total. The lowest BCUT2D eigenvalue weighted by atomic mass is 10.0. The van der Waals surface area contributed by atoms with Gasteiger partial charge in [-0.1, -0.05) is 23.4 Å². The van der Waals surface area contributed by atoms with Gasteiger partial charge in [0.1, 0.15) is 10.6 Å². The molecule has 124 valence electrons. The first-order valence-electron chi connectivity index (χ1n) is 7.74. The maximum absolute atomic E-state index is 12.4. The second-order valence-electron chi connectivity index (χ2n) is 5.77. The summed E-state index contributed by atoms with van der Waals surface area (Å²) in [5.74, 6) is 0.318. The molecule has 2 aromatic rings. The summed E-state index contributed by atoms with van der Waals surface area (Å²) in [6.45, 7) is 5.17. The quantitative estimate of drug-likeness (QED) is 0.905. The van der Waals surface area contributed by atoms with E-state index in [1.54, 1.807) is 13.8 Å². The third-order valence-corrected chi connectivity index (χ3v) is 5.82. The Bertz CT molecular complexity index is 779. The number of fused-ring (bicyclic) bond motifs is 1. The van der Waals surface area contributed by atoms with Crippen LogP contribution in [0.15, 0.2) is 33.7 Å². The first-order valence-corrected chi connectivity index (χ1v) is 9.23. The minimum Gasteiger partial charge on any atom is -0.370 e. The second-order valence-corrected chi connectivity index (χ2v) is 7.47. The van der Waals surface area contributed by atoms with E-state index < -0.39 is 10.0 Å². The van der Waals surface area contributed by atoms with Gasteiger partial charge in [0.15, 0.2) is 5.76 Å². The lowest BCUT2D eigenvalue weighted by Gasteiger charge is -2.31. The first-order chi connectivity index (χ1) is 11.0. The number of nitrogens with one attached hydrogen (secondary N) is 1. The number of aryl methyl sites for hydroxylation is 3. The molecular weight excluding hydrogens is 314 g/mol. The van der Waals surface area contributed by atoms with Crippen molar-refractivity contribution in [2.75, 3.05) is 24.5 Å². The van der Waals surface area contributed by atoms with Gasteiger partial charge in [0.05, 0.1) is 0 Å². The number of nitrogens with zero attached hydrogens (tertiary/aromatic N) is 2. The van der Waals surface area contributed by atoms with Crippen LogP contribution in [0.3, 0.4) is 0 Å². The summed E-state index contributed by atoms with van der Waals surface area (Å²) >= 11 is 0. The summed E-state index contributed by atoms with van der Waals surface area (Å²) in [4.78, 5) is 2.38. The Labute approximate surface area is 136 Å². The fourth-order valence-corrected chi connectivity index (χ4v) is 4.44. The van der Waals surface area contributed by atoms with Gasteiger partial charge < -0.3 is 9.42 Å². The Morgan fingerprint density at radius 3 is 2.83 bits per heavy atom. The SMILES string of the molecule is Cc1noc(C)c1S(=O)(=O)NCCN1CCCc2ccccc21. The van der Waals surface area contributed by atoms with Gasteiger partial charge in [0.25, 0.3) is 0 Å². The Balaban J connectivity index is 1.67. The molecule has 0 atom stereocenters. The average molecular weight is 335 g/mol. The van der Waals surface area contributed by atoms with Gasteiger partial charge in [-0.15, -0.1) is 0 Å². The Kier molecular flexibility index (Phi) is 4.41. The summed E-state index contributed by atoms with van der Waals surface area (Å²) in [5.41, 5.74) is 2.92. The van der Waals surface area contributed by atoms with Crippen LogP contribution in [0.4, 0.5) is 5.69 Å². The van der Waals surface area contributed by atoms with E-state index in [9.17, 15) is 8.42 Å². The van der Waals surface area contributed by atoms with Gasteiger partial charge in [0.2, 0.25) is 10.0 Å². The summed E-state index contributed by atoms with van der Waals surface area (Å²) in [5, 5.41) is 3.71. The molecule has 0 saturated carbocycles. The van der Waals surface area contributed by atoms with E-state index >= 15 is 0 Å². The molecule has 1 aliphatic rings. The minimum absolute atomic E-state index is 0.150. The molecule has 0 saturated heterocycles. The maximum Gasteiger partial charge on any atom is 0.246 e. The Morgan fingerprint density at radius 2 is 2.09 bits per heavy atom. The van der Waals surface area contributed by atoms with Crippen molar-refractivity contribution in [1.29, 1.82) is 0 Å². The molecule has 7 heteroatoms. The standard InChI is InChI=1S/C16H21N3O3S/c1-12-16(13(2)22-18-12)23(20,21)17-9-11-19-10-5-7-14-6-3-4-8-15(14)19/h3-4,6,8,17H,5,7,9-11H2,1-2H3. The predicted molar refractivity (Wildman–Crippen MR) is 88.1 cm³/mol. The third-order valence-electron chi connectivity index (χ3n) is 4.12. The number of anilines is 1. The Morgan fingerprint density at radius 1 is 1.30 bits per heavy atom. The first kappa shape index (κ1) is 16.0. The molecule has 3 rings (SSSR count). The lowest BCUT2D eigenvalue weighted by Crippen LogP contribution is -2.37. The molecule has 2 heterocycles. The molecule has 0 radical (unpaired) electrons. The van der Waals surface area contributed by atoms with Crippen LogP contribution < -0.4 is 9.62 Å². The highest BCUT2D eigenvalue weighted by molar-refractivity contribution is 7.89.